The maximum atomic E-state index is 12.6. The lowest BCUT2D eigenvalue weighted by atomic mass is 9.53. The number of carbonyl (C=O) groups is 2. The van der Waals surface area contributed by atoms with Crippen molar-refractivity contribution in [1.29, 1.82) is 0 Å². The van der Waals surface area contributed by atoms with Crippen molar-refractivity contribution in [3.05, 3.63) is 0 Å². The van der Waals surface area contributed by atoms with Gasteiger partial charge in [0, 0.05) is 5.54 Å². The number of hydrogen-bond acceptors (Lipinski definition) is 3. The first kappa shape index (κ1) is 13.6. The van der Waals surface area contributed by atoms with Gasteiger partial charge in [0.05, 0.1) is 5.92 Å². The molecule has 5 fully saturated rings. The van der Waals surface area contributed by atoms with Crippen LogP contribution >= 0.6 is 0 Å². The van der Waals surface area contributed by atoms with E-state index in [1.807, 2.05) is 0 Å². The number of nitrogens with one attached hydrogen (secondary N) is 2. The standard InChI is InChI=1S/C16H24N2O3/c19-14(12-1-2-17-13(12)15(20)21)18-16-6-9-3-10(7-16)5-11(4-9)8-16/h9-13,17H,1-8H2,(H,18,19)(H,20,21)/t9?,10?,11?,12?,13-,16?/m0/s1. The smallest absolute Gasteiger partial charge is 0.321 e. The molecule has 0 radical (unpaired) electrons. The maximum absolute atomic E-state index is 12.6. The minimum absolute atomic E-state index is 0.0164. The molecule has 0 aromatic rings. The van der Waals surface area contributed by atoms with E-state index in [-0.39, 0.29) is 11.4 Å². The van der Waals surface area contributed by atoms with Crippen molar-refractivity contribution in [2.75, 3.05) is 6.54 Å². The average Bonchev–Trinajstić information content (AvgIpc) is 2.85. The summed E-state index contributed by atoms with van der Waals surface area (Å²) in [6, 6.07) is -0.709. The van der Waals surface area contributed by atoms with Gasteiger partial charge in [-0.2, -0.15) is 0 Å². The quantitative estimate of drug-likeness (QED) is 0.729. The van der Waals surface area contributed by atoms with Crippen molar-refractivity contribution in [3.8, 4) is 0 Å². The van der Waals surface area contributed by atoms with Gasteiger partial charge < -0.3 is 15.7 Å². The van der Waals surface area contributed by atoms with Crippen LogP contribution in [0.3, 0.4) is 0 Å². The summed E-state index contributed by atoms with van der Waals surface area (Å²) in [5.41, 5.74) is -0.0164. The van der Waals surface area contributed by atoms with Crippen molar-refractivity contribution in [2.24, 2.45) is 23.7 Å². The molecular formula is C16H24N2O3. The van der Waals surface area contributed by atoms with Crippen molar-refractivity contribution < 1.29 is 14.7 Å². The van der Waals surface area contributed by atoms with Gasteiger partial charge in [0.1, 0.15) is 6.04 Å². The summed E-state index contributed by atoms with van der Waals surface area (Å²) in [5, 5.41) is 15.5. The number of aliphatic carboxylic acids is 1. The van der Waals surface area contributed by atoms with Crippen LogP contribution in [0.25, 0.3) is 0 Å². The van der Waals surface area contributed by atoms with Crippen LogP contribution in [0.1, 0.15) is 44.9 Å². The zero-order chi connectivity index (χ0) is 14.6. The third-order valence-corrected chi connectivity index (χ3v) is 6.25. The zero-order valence-corrected chi connectivity index (χ0v) is 12.3. The highest BCUT2D eigenvalue weighted by molar-refractivity contribution is 5.87. The molecule has 1 saturated heterocycles. The van der Waals surface area contributed by atoms with Crippen LogP contribution in [0.2, 0.25) is 0 Å². The summed E-state index contributed by atoms with van der Waals surface area (Å²) in [6.45, 7) is 0.621. The van der Waals surface area contributed by atoms with E-state index >= 15 is 0 Å². The van der Waals surface area contributed by atoms with Gasteiger partial charge in [-0.05, 0) is 69.2 Å². The topological polar surface area (TPSA) is 78.4 Å². The molecule has 116 valence electrons. The molecule has 21 heavy (non-hydrogen) atoms. The number of carboxylic acid groups (broad SMARTS) is 1. The average molecular weight is 292 g/mol. The molecule has 2 atom stereocenters. The molecule has 1 aliphatic heterocycles. The Balaban J connectivity index is 1.48. The van der Waals surface area contributed by atoms with Crippen LogP contribution < -0.4 is 10.6 Å². The van der Waals surface area contributed by atoms with Gasteiger partial charge in [-0.1, -0.05) is 0 Å². The van der Waals surface area contributed by atoms with Gasteiger partial charge in [0.25, 0.3) is 0 Å². The summed E-state index contributed by atoms with van der Waals surface area (Å²) in [4.78, 5) is 23.9. The third kappa shape index (κ3) is 2.26. The van der Waals surface area contributed by atoms with Crippen LogP contribution in [-0.4, -0.2) is 35.1 Å². The SMILES string of the molecule is O=C(NC12CC3CC(CC(C3)C1)C2)C1CCN[C@@H]1C(=O)O. The Morgan fingerprint density at radius 3 is 2.14 bits per heavy atom. The summed E-state index contributed by atoms with van der Waals surface area (Å²) in [7, 11) is 0. The number of carboxylic acids is 1. The van der Waals surface area contributed by atoms with Crippen LogP contribution in [-0.2, 0) is 9.59 Å². The molecule has 5 nitrogen and oxygen atoms in total. The number of rotatable bonds is 3. The van der Waals surface area contributed by atoms with Crippen molar-refractivity contribution in [2.45, 2.75) is 56.5 Å². The third-order valence-electron chi connectivity index (χ3n) is 6.25. The first-order valence-corrected chi connectivity index (χ1v) is 8.33. The van der Waals surface area contributed by atoms with E-state index in [0.29, 0.717) is 13.0 Å². The highest BCUT2D eigenvalue weighted by Crippen LogP contribution is 2.55. The van der Waals surface area contributed by atoms with Gasteiger partial charge in [0.15, 0.2) is 0 Å². The van der Waals surface area contributed by atoms with E-state index in [0.717, 1.165) is 37.0 Å². The lowest BCUT2D eigenvalue weighted by molar-refractivity contribution is -0.144. The van der Waals surface area contributed by atoms with Gasteiger partial charge in [-0.15, -0.1) is 0 Å². The largest absolute Gasteiger partial charge is 0.480 e. The second kappa shape index (κ2) is 4.70. The van der Waals surface area contributed by atoms with E-state index < -0.39 is 17.9 Å². The van der Waals surface area contributed by atoms with Gasteiger partial charge in [0.2, 0.25) is 5.91 Å². The van der Waals surface area contributed by atoms with Crippen molar-refractivity contribution in [1.82, 2.24) is 10.6 Å². The lowest BCUT2D eigenvalue weighted by Gasteiger charge is -2.57. The Morgan fingerprint density at radius 2 is 1.62 bits per heavy atom. The molecule has 1 heterocycles. The molecule has 4 saturated carbocycles. The fourth-order valence-electron chi connectivity index (χ4n) is 5.86. The van der Waals surface area contributed by atoms with Crippen LogP contribution in [0, 0.1) is 23.7 Å². The second-order valence-corrected chi connectivity index (χ2v) is 7.85. The van der Waals surface area contributed by atoms with Crippen molar-refractivity contribution >= 4 is 11.9 Å². The number of hydrogen-bond donors (Lipinski definition) is 3. The van der Waals surface area contributed by atoms with Crippen molar-refractivity contribution in [3.63, 3.8) is 0 Å². The molecular weight excluding hydrogens is 268 g/mol. The molecule has 5 rings (SSSR count). The van der Waals surface area contributed by atoms with Gasteiger partial charge in [-0.3, -0.25) is 9.59 Å². The predicted molar refractivity (Wildman–Crippen MR) is 76.6 cm³/mol. The fraction of sp³-hybridized carbons (Fsp3) is 0.875. The fourth-order valence-corrected chi connectivity index (χ4v) is 5.86. The van der Waals surface area contributed by atoms with E-state index in [4.69, 9.17) is 0 Å². The minimum Gasteiger partial charge on any atom is -0.480 e. The Kier molecular flexibility index (Phi) is 3.03. The van der Waals surface area contributed by atoms with Crippen LogP contribution in [0.4, 0.5) is 0 Å². The van der Waals surface area contributed by atoms with Crippen LogP contribution in [0.15, 0.2) is 0 Å². The normalized spacial score (nSPS) is 47.5. The summed E-state index contributed by atoms with van der Waals surface area (Å²) in [6.07, 6.45) is 8.01. The molecule has 0 spiro atoms. The Bertz CT molecular complexity index is 441. The number of carbonyl (C=O) groups excluding carboxylic acids is 1. The molecule has 4 bridgehead atoms. The zero-order valence-electron chi connectivity index (χ0n) is 12.3. The van der Waals surface area contributed by atoms with E-state index in [1.54, 1.807) is 0 Å². The first-order valence-electron chi connectivity index (χ1n) is 8.33. The predicted octanol–water partition coefficient (Wildman–Crippen LogP) is 1.13. The Morgan fingerprint density at radius 1 is 1.05 bits per heavy atom. The highest BCUT2D eigenvalue weighted by atomic mass is 16.4. The molecule has 1 unspecified atom stereocenters. The van der Waals surface area contributed by atoms with E-state index in [9.17, 15) is 14.7 Å². The lowest BCUT2D eigenvalue weighted by Crippen LogP contribution is -2.61. The van der Waals surface area contributed by atoms with Crippen LogP contribution in [0.5, 0.6) is 0 Å². The molecule has 0 aromatic carbocycles. The molecule has 0 aromatic heterocycles. The van der Waals surface area contributed by atoms with Gasteiger partial charge >= 0.3 is 5.97 Å². The van der Waals surface area contributed by atoms with E-state index in [1.165, 1.54) is 19.3 Å². The molecule has 5 heteroatoms. The molecule has 1 amide bonds. The Hall–Kier alpha value is -1.10. The van der Waals surface area contributed by atoms with Gasteiger partial charge in [-0.25, -0.2) is 0 Å². The Labute approximate surface area is 124 Å². The minimum atomic E-state index is -0.904. The summed E-state index contributed by atoms with van der Waals surface area (Å²) >= 11 is 0. The number of amides is 1. The summed E-state index contributed by atoms with van der Waals surface area (Å²) in [5.74, 6) is 1.01. The summed E-state index contributed by atoms with van der Waals surface area (Å²) < 4.78 is 0. The molecule has 3 N–H and O–H groups in total. The first-order chi connectivity index (χ1) is 10.0. The molecule has 4 aliphatic carbocycles. The monoisotopic (exact) mass is 292 g/mol. The maximum Gasteiger partial charge on any atom is 0.321 e. The van der Waals surface area contributed by atoms with E-state index in [2.05, 4.69) is 10.6 Å². The highest BCUT2D eigenvalue weighted by Gasteiger charge is 2.52. The molecule has 5 aliphatic rings. The second-order valence-electron chi connectivity index (χ2n) is 7.85.